The lowest BCUT2D eigenvalue weighted by Gasteiger charge is -2.27. The molecule has 0 spiro atoms. The first-order chi connectivity index (χ1) is 15.3. The van der Waals surface area contributed by atoms with E-state index in [1.807, 2.05) is 24.8 Å². The Morgan fingerprint density at radius 1 is 1.30 bits per heavy atom. The summed E-state index contributed by atoms with van der Waals surface area (Å²) in [4.78, 5) is 39.8. The number of fused-ring (bicyclic) bond motifs is 3. The van der Waals surface area contributed by atoms with Gasteiger partial charge in [0.15, 0.2) is 5.78 Å². The van der Waals surface area contributed by atoms with E-state index in [1.165, 1.54) is 20.1 Å². The van der Waals surface area contributed by atoms with E-state index in [0.717, 1.165) is 17.8 Å². The van der Waals surface area contributed by atoms with Gasteiger partial charge in [0.25, 0.3) is 0 Å². The maximum atomic E-state index is 13.2. The van der Waals surface area contributed by atoms with Crippen LogP contribution in [0.3, 0.4) is 0 Å². The molecule has 1 aromatic rings. The first-order valence-corrected chi connectivity index (χ1v) is 10.7. The lowest BCUT2D eigenvalue weighted by molar-refractivity contribution is -0.144. The van der Waals surface area contributed by atoms with Gasteiger partial charge in [0.05, 0.1) is 19.2 Å². The highest BCUT2D eigenvalue weighted by atomic mass is 19.4. The Morgan fingerprint density at radius 2 is 2.00 bits per heavy atom. The Labute approximate surface area is 190 Å². The van der Waals surface area contributed by atoms with Crippen molar-refractivity contribution in [2.45, 2.75) is 58.3 Å². The van der Waals surface area contributed by atoms with E-state index in [-0.39, 0.29) is 11.2 Å². The van der Waals surface area contributed by atoms with Crippen molar-refractivity contribution >= 4 is 23.3 Å². The van der Waals surface area contributed by atoms with Crippen molar-refractivity contribution in [1.82, 2.24) is 10.6 Å². The van der Waals surface area contributed by atoms with Crippen molar-refractivity contribution in [1.29, 1.82) is 0 Å². The van der Waals surface area contributed by atoms with Crippen molar-refractivity contribution in [2.24, 2.45) is 5.41 Å². The van der Waals surface area contributed by atoms with E-state index in [0.29, 0.717) is 17.9 Å². The predicted octanol–water partition coefficient (Wildman–Crippen LogP) is 3.40. The molecule has 1 aromatic carbocycles. The fraction of sp³-hybridized carbons (Fsp3) is 0.522. The molecule has 180 valence electrons. The summed E-state index contributed by atoms with van der Waals surface area (Å²) in [6, 6.07) is 3.09. The number of nitrogens with one attached hydrogen (secondary N) is 2. The number of hydrogen-bond acceptors (Lipinski definition) is 5. The van der Waals surface area contributed by atoms with Crippen LogP contribution >= 0.6 is 0 Å². The molecule has 3 rings (SSSR count). The number of ketones is 1. The quantitative estimate of drug-likeness (QED) is 0.670. The average molecular weight is 467 g/mol. The Kier molecular flexibility index (Phi) is 6.76. The number of halogens is 3. The molecule has 2 aliphatic heterocycles. The minimum Gasteiger partial charge on any atom is -0.497 e. The molecule has 0 aromatic heterocycles. The largest absolute Gasteiger partial charge is 0.497 e. The monoisotopic (exact) mass is 467 g/mol. The molecule has 1 unspecified atom stereocenters. The van der Waals surface area contributed by atoms with Gasteiger partial charge in [0, 0.05) is 41.8 Å². The van der Waals surface area contributed by atoms with Crippen LogP contribution in [-0.2, 0) is 14.4 Å². The lowest BCUT2D eigenvalue weighted by atomic mass is 9.88. The van der Waals surface area contributed by atoms with Gasteiger partial charge in [0.2, 0.25) is 11.8 Å². The molecule has 2 N–H and O–H groups in total. The third-order valence-electron chi connectivity index (χ3n) is 6.04. The van der Waals surface area contributed by atoms with Crippen molar-refractivity contribution in [2.75, 3.05) is 18.6 Å². The normalized spacial score (nSPS) is 20.2. The van der Waals surface area contributed by atoms with Gasteiger partial charge in [-0.2, -0.15) is 13.2 Å². The van der Waals surface area contributed by atoms with Gasteiger partial charge in [-0.1, -0.05) is 19.9 Å². The molecular formula is C23H28F3N3O4. The zero-order valence-electron chi connectivity index (χ0n) is 19.0. The topological polar surface area (TPSA) is 87.7 Å². The number of hydrogen-bond donors (Lipinski definition) is 2. The van der Waals surface area contributed by atoms with Gasteiger partial charge in [-0.25, -0.2) is 0 Å². The summed E-state index contributed by atoms with van der Waals surface area (Å²) in [5, 5.41) is 4.92. The Balaban J connectivity index is 1.83. The van der Waals surface area contributed by atoms with E-state index in [9.17, 15) is 27.6 Å². The number of methoxy groups -OCH3 is 1. The summed E-state index contributed by atoms with van der Waals surface area (Å²) in [6.45, 7) is 6.14. The van der Waals surface area contributed by atoms with Gasteiger partial charge in [-0.3, -0.25) is 14.4 Å². The third-order valence-corrected chi connectivity index (χ3v) is 6.04. The van der Waals surface area contributed by atoms with Crippen LogP contribution in [0.15, 0.2) is 30.0 Å². The summed E-state index contributed by atoms with van der Waals surface area (Å²) in [5.41, 5.74) is 1.92. The van der Waals surface area contributed by atoms with Gasteiger partial charge in [-0.15, -0.1) is 0 Å². The molecule has 7 nitrogen and oxygen atoms in total. The van der Waals surface area contributed by atoms with Gasteiger partial charge in [-0.05, 0) is 19.4 Å². The van der Waals surface area contributed by atoms with E-state index >= 15 is 0 Å². The van der Waals surface area contributed by atoms with Crippen molar-refractivity contribution in [3.63, 3.8) is 0 Å². The second kappa shape index (κ2) is 9.07. The van der Waals surface area contributed by atoms with Gasteiger partial charge in [0.1, 0.15) is 17.8 Å². The molecule has 1 fully saturated rings. The highest BCUT2D eigenvalue weighted by Gasteiger charge is 2.41. The second-order valence-electron chi connectivity index (χ2n) is 8.99. The van der Waals surface area contributed by atoms with Crippen LogP contribution in [0.25, 0.3) is 0 Å². The highest BCUT2D eigenvalue weighted by molar-refractivity contribution is 6.02. The number of amides is 2. The van der Waals surface area contributed by atoms with Crippen molar-refractivity contribution in [3.05, 3.63) is 35.5 Å². The Hall–Kier alpha value is -3.04. The predicted molar refractivity (Wildman–Crippen MR) is 116 cm³/mol. The number of benzene rings is 1. The molecule has 0 saturated carbocycles. The van der Waals surface area contributed by atoms with Crippen molar-refractivity contribution in [3.8, 4) is 5.75 Å². The smallest absolute Gasteiger partial charge is 0.389 e. The number of carbonyl (C=O) groups excluding carboxylic acids is 3. The third kappa shape index (κ3) is 5.48. The number of alkyl halides is 3. The van der Waals surface area contributed by atoms with E-state index < -0.39 is 42.9 Å². The zero-order chi connectivity index (χ0) is 24.6. The van der Waals surface area contributed by atoms with Crippen LogP contribution in [0.1, 0.15) is 51.6 Å². The fourth-order valence-corrected chi connectivity index (χ4v) is 4.08. The molecule has 2 heterocycles. The maximum absolute atomic E-state index is 13.2. The summed E-state index contributed by atoms with van der Waals surface area (Å²) in [7, 11) is 1.54. The van der Waals surface area contributed by atoms with E-state index in [1.54, 1.807) is 12.1 Å². The van der Waals surface area contributed by atoms with Crippen LogP contribution in [0.2, 0.25) is 0 Å². The molecule has 33 heavy (non-hydrogen) atoms. The standard InChI is InChI=1S/C23H28F3N3O4/c1-13(27-19(31)7-8-23(24,25)26)21(32)28-20-15-6-5-14(33-4)11-16(15)29-10-9-22(2,3)18(29)12-17(20)30/h5-6,11-13,20H,7-10H2,1-4H3,(H,27,31)(H,28,32)/t13-,20?/m0/s1. The van der Waals surface area contributed by atoms with E-state index in [4.69, 9.17) is 4.74 Å². The van der Waals surface area contributed by atoms with Crippen LogP contribution in [0, 0.1) is 5.41 Å². The SMILES string of the molecule is COc1ccc2c(c1)N1CCC(C)(C)C1=CC(=O)C2NC(=O)[C@H](C)NC(=O)CCC(F)(F)F. The van der Waals surface area contributed by atoms with Crippen LogP contribution in [-0.4, -0.2) is 43.5 Å². The highest BCUT2D eigenvalue weighted by Crippen LogP contribution is 2.47. The number of ether oxygens (including phenoxy) is 1. The van der Waals surface area contributed by atoms with Crippen LogP contribution in [0.5, 0.6) is 5.75 Å². The van der Waals surface area contributed by atoms with Crippen LogP contribution < -0.4 is 20.3 Å². The molecule has 2 aliphatic rings. The minimum atomic E-state index is -4.46. The first kappa shape index (κ1) is 24.6. The zero-order valence-corrected chi connectivity index (χ0v) is 19.0. The molecule has 2 atom stereocenters. The molecule has 2 amide bonds. The molecule has 0 aliphatic carbocycles. The summed E-state index contributed by atoms with van der Waals surface area (Å²) < 4.78 is 42.3. The number of rotatable bonds is 6. The number of anilines is 1. The fourth-order valence-electron chi connectivity index (χ4n) is 4.08. The molecule has 1 saturated heterocycles. The second-order valence-corrected chi connectivity index (χ2v) is 8.99. The van der Waals surface area contributed by atoms with Gasteiger partial charge >= 0.3 is 6.18 Å². The Morgan fingerprint density at radius 3 is 2.64 bits per heavy atom. The Bertz CT molecular complexity index is 988. The molecular weight excluding hydrogens is 439 g/mol. The summed E-state index contributed by atoms with van der Waals surface area (Å²) in [6.07, 6.45) is -4.13. The number of carbonyl (C=O) groups is 3. The minimum absolute atomic E-state index is 0.241. The first-order valence-electron chi connectivity index (χ1n) is 10.7. The number of nitrogens with zero attached hydrogens (tertiary/aromatic N) is 1. The lowest BCUT2D eigenvalue weighted by Crippen LogP contribution is -2.47. The van der Waals surface area contributed by atoms with E-state index in [2.05, 4.69) is 10.6 Å². The maximum Gasteiger partial charge on any atom is 0.389 e. The number of allylic oxidation sites excluding steroid dienone is 1. The van der Waals surface area contributed by atoms with Crippen molar-refractivity contribution < 1.29 is 32.3 Å². The summed E-state index contributed by atoms with van der Waals surface area (Å²) in [5.74, 6) is -1.28. The molecule has 10 heteroatoms. The molecule has 0 radical (unpaired) electrons. The summed E-state index contributed by atoms with van der Waals surface area (Å²) >= 11 is 0. The van der Waals surface area contributed by atoms with Gasteiger partial charge < -0.3 is 20.3 Å². The van der Waals surface area contributed by atoms with Crippen LogP contribution in [0.4, 0.5) is 18.9 Å². The molecule has 0 bridgehead atoms. The average Bonchev–Trinajstić information content (AvgIpc) is 2.96.